The Morgan fingerprint density at radius 2 is 2.50 bits per heavy atom. The number of rotatable bonds is 0. The molecule has 1 N–H and O–H groups in total. The van der Waals surface area contributed by atoms with Crippen molar-refractivity contribution in [3.63, 3.8) is 0 Å². The van der Waals surface area contributed by atoms with Crippen LogP contribution in [-0.2, 0) is 9.53 Å². The van der Waals surface area contributed by atoms with Gasteiger partial charge in [0.15, 0.2) is 0 Å². The summed E-state index contributed by atoms with van der Waals surface area (Å²) < 4.78 is 4.43. The van der Waals surface area contributed by atoms with Crippen molar-refractivity contribution in [2.24, 2.45) is 5.92 Å². The molecule has 0 saturated carbocycles. The van der Waals surface area contributed by atoms with Gasteiger partial charge in [0.2, 0.25) is 0 Å². The van der Waals surface area contributed by atoms with Crippen molar-refractivity contribution in [1.82, 2.24) is 0 Å². The quantitative estimate of drug-likeness (QED) is 0.427. The largest absolute Gasteiger partial charge is 0.463 e. The highest BCUT2D eigenvalue weighted by Crippen LogP contribution is 2.12. The summed E-state index contributed by atoms with van der Waals surface area (Å²) >= 11 is 0. The van der Waals surface area contributed by atoms with Crippen molar-refractivity contribution in [1.29, 1.82) is 0 Å². The molecule has 1 rings (SSSR count). The Balaban J connectivity index is 2.56. The Hall–Kier alpha value is -0.570. The summed E-state index contributed by atoms with van der Waals surface area (Å²) in [6.07, 6.45) is -0.692. The van der Waals surface area contributed by atoms with E-state index in [1.165, 1.54) is 0 Å². The summed E-state index contributed by atoms with van der Waals surface area (Å²) in [4.78, 5) is 10.3. The first kappa shape index (κ1) is 5.56. The fourth-order valence-corrected chi connectivity index (χ4v) is 0.548. The summed E-state index contributed by atoms with van der Waals surface area (Å²) in [5.74, 6) is -0.979. The maximum atomic E-state index is 10.3. The van der Waals surface area contributed by atoms with Crippen LogP contribution in [0.2, 0.25) is 0 Å². The van der Waals surface area contributed by atoms with Crippen LogP contribution in [0.4, 0.5) is 0 Å². The minimum Gasteiger partial charge on any atom is -0.463 e. The third-order valence-corrected chi connectivity index (χ3v) is 1.16. The fraction of sp³-hybridized carbons (Fsp3) is 0.600. The number of ether oxygens (including phenoxy) is 1. The Morgan fingerprint density at radius 3 is 2.62 bits per heavy atom. The molecule has 2 atom stereocenters. The van der Waals surface area contributed by atoms with E-state index in [-0.39, 0.29) is 6.61 Å². The molecule has 0 aromatic carbocycles. The number of esters is 1. The van der Waals surface area contributed by atoms with Gasteiger partial charge >= 0.3 is 5.97 Å². The molecule has 1 heterocycles. The van der Waals surface area contributed by atoms with Crippen LogP contribution in [0.5, 0.6) is 0 Å². The standard InChI is InChI=1S/C5H7O3/c1-3-4(6)2-8-5(3)7/h3-4,6H,1-2H2. The van der Waals surface area contributed by atoms with E-state index >= 15 is 0 Å². The van der Waals surface area contributed by atoms with E-state index in [2.05, 4.69) is 11.7 Å². The molecule has 3 heteroatoms. The van der Waals surface area contributed by atoms with Crippen LogP contribution in [0.25, 0.3) is 0 Å². The van der Waals surface area contributed by atoms with Crippen LogP contribution in [0.3, 0.4) is 0 Å². The van der Waals surface area contributed by atoms with Gasteiger partial charge in [0.1, 0.15) is 12.7 Å². The first-order valence-electron chi connectivity index (χ1n) is 2.39. The van der Waals surface area contributed by atoms with Gasteiger partial charge in [-0.2, -0.15) is 0 Å². The number of aliphatic hydroxyl groups is 1. The molecular formula is C5H7O3. The van der Waals surface area contributed by atoms with Gasteiger partial charge < -0.3 is 9.84 Å². The molecule has 1 saturated heterocycles. The van der Waals surface area contributed by atoms with Gasteiger partial charge in [-0.3, -0.25) is 4.79 Å². The van der Waals surface area contributed by atoms with Crippen LogP contribution < -0.4 is 0 Å². The van der Waals surface area contributed by atoms with Gasteiger partial charge in [-0.15, -0.1) is 0 Å². The molecule has 0 amide bonds. The highest BCUT2D eigenvalue weighted by Gasteiger charge is 2.30. The van der Waals surface area contributed by atoms with E-state index in [0.29, 0.717) is 0 Å². The Morgan fingerprint density at radius 1 is 1.88 bits per heavy atom. The maximum absolute atomic E-state index is 10.3. The molecule has 8 heavy (non-hydrogen) atoms. The second kappa shape index (κ2) is 1.74. The lowest BCUT2D eigenvalue weighted by Crippen LogP contribution is -2.16. The third-order valence-electron chi connectivity index (χ3n) is 1.16. The van der Waals surface area contributed by atoms with Gasteiger partial charge in [0.05, 0.1) is 5.92 Å². The van der Waals surface area contributed by atoms with Crippen molar-refractivity contribution < 1.29 is 14.6 Å². The Labute approximate surface area is 47.3 Å². The van der Waals surface area contributed by atoms with Gasteiger partial charge in [0, 0.05) is 0 Å². The first-order chi connectivity index (χ1) is 3.72. The number of aliphatic hydroxyl groups excluding tert-OH is 1. The predicted octanol–water partition coefficient (Wildman–Crippen LogP) is -0.646. The normalized spacial score (nSPS) is 37.5. The minimum absolute atomic E-state index is 0.104. The summed E-state index contributed by atoms with van der Waals surface area (Å²) in [7, 11) is 0. The van der Waals surface area contributed by atoms with Crippen LogP contribution in [0, 0.1) is 12.8 Å². The fourth-order valence-electron chi connectivity index (χ4n) is 0.548. The van der Waals surface area contributed by atoms with Crippen LogP contribution >= 0.6 is 0 Å². The zero-order chi connectivity index (χ0) is 6.15. The van der Waals surface area contributed by atoms with Crippen molar-refractivity contribution >= 4 is 5.97 Å². The number of carbonyl (C=O) groups excluding carboxylic acids is 1. The molecule has 45 valence electrons. The summed E-state index contributed by atoms with van der Waals surface area (Å²) in [5.41, 5.74) is 0. The molecule has 2 unspecified atom stereocenters. The van der Waals surface area contributed by atoms with E-state index in [1.54, 1.807) is 0 Å². The predicted molar refractivity (Wildman–Crippen MR) is 25.8 cm³/mol. The number of hydrogen-bond acceptors (Lipinski definition) is 3. The third kappa shape index (κ3) is 0.690. The average Bonchev–Trinajstić information content (AvgIpc) is 1.98. The highest BCUT2D eigenvalue weighted by molar-refractivity contribution is 5.75. The molecule has 1 aliphatic rings. The number of hydrogen-bond donors (Lipinski definition) is 1. The molecule has 3 nitrogen and oxygen atoms in total. The lowest BCUT2D eigenvalue weighted by atomic mass is 10.1. The smallest absolute Gasteiger partial charge is 0.311 e. The molecule has 1 radical (unpaired) electrons. The monoisotopic (exact) mass is 115 g/mol. The van der Waals surface area contributed by atoms with Crippen LogP contribution in [0.1, 0.15) is 0 Å². The van der Waals surface area contributed by atoms with Gasteiger partial charge in [0.25, 0.3) is 0 Å². The highest BCUT2D eigenvalue weighted by atomic mass is 16.6. The lowest BCUT2D eigenvalue weighted by molar-refractivity contribution is -0.140. The molecule has 1 aliphatic heterocycles. The van der Waals surface area contributed by atoms with Crippen LogP contribution in [-0.4, -0.2) is 23.8 Å². The Bertz CT molecular complexity index is 110. The lowest BCUT2D eigenvalue weighted by Gasteiger charge is -1.97. The second-order valence-corrected chi connectivity index (χ2v) is 1.80. The van der Waals surface area contributed by atoms with Gasteiger partial charge in [-0.1, -0.05) is 0 Å². The van der Waals surface area contributed by atoms with E-state index < -0.39 is 18.0 Å². The molecule has 0 aliphatic carbocycles. The van der Waals surface area contributed by atoms with Gasteiger partial charge in [-0.05, 0) is 6.92 Å². The Kier molecular flexibility index (Phi) is 1.21. The summed E-state index contributed by atoms with van der Waals surface area (Å²) in [6.45, 7) is 3.48. The van der Waals surface area contributed by atoms with Crippen molar-refractivity contribution in [3.05, 3.63) is 6.92 Å². The SMILES string of the molecule is [CH2]C1C(=O)OCC1O. The summed E-state index contributed by atoms with van der Waals surface area (Å²) in [5, 5.41) is 8.76. The van der Waals surface area contributed by atoms with Crippen molar-refractivity contribution in [3.8, 4) is 0 Å². The summed E-state index contributed by atoms with van der Waals surface area (Å²) in [6, 6.07) is 0. The van der Waals surface area contributed by atoms with Crippen LogP contribution in [0.15, 0.2) is 0 Å². The zero-order valence-electron chi connectivity index (χ0n) is 4.33. The first-order valence-corrected chi connectivity index (χ1v) is 2.39. The van der Waals surface area contributed by atoms with Crippen molar-refractivity contribution in [2.75, 3.05) is 6.61 Å². The molecule has 1 fully saturated rings. The van der Waals surface area contributed by atoms with E-state index in [0.717, 1.165) is 0 Å². The molecular weight excluding hydrogens is 108 g/mol. The van der Waals surface area contributed by atoms with E-state index in [9.17, 15) is 4.79 Å². The van der Waals surface area contributed by atoms with Gasteiger partial charge in [-0.25, -0.2) is 0 Å². The molecule has 0 bridgehead atoms. The molecule has 0 aromatic heterocycles. The number of carbonyl (C=O) groups is 1. The average molecular weight is 115 g/mol. The van der Waals surface area contributed by atoms with Crippen molar-refractivity contribution in [2.45, 2.75) is 6.10 Å². The van der Waals surface area contributed by atoms with E-state index in [4.69, 9.17) is 5.11 Å². The molecule has 0 aromatic rings. The van der Waals surface area contributed by atoms with E-state index in [1.807, 2.05) is 0 Å². The number of cyclic esters (lactones) is 1. The maximum Gasteiger partial charge on any atom is 0.311 e. The topological polar surface area (TPSA) is 46.5 Å². The zero-order valence-corrected chi connectivity index (χ0v) is 4.33. The minimum atomic E-state index is -0.692. The molecule has 0 spiro atoms. The second-order valence-electron chi connectivity index (χ2n) is 1.80.